The van der Waals surface area contributed by atoms with Crippen LogP contribution in [0.2, 0.25) is 0 Å². The molecule has 0 radical (unpaired) electrons. The number of allylic oxidation sites excluding steroid dienone is 3. The summed E-state index contributed by atoms with van der Waals surface area (Å²) in [5.41, 5.74) is 12.2. The number of rotatable bonds is 3. The molecule has 0 spiro atoms. The van der Waals surface area contributed by atoms with Crippen LogP contribution < -0.4 is 0 Å². The van der Waals surface area contributed by atoms with Crippen molar-refractivity contribution in [3.63, 3.8) is 0 Å². The van der Waals surface area contributed by atoms with Crippen molar-refractivity contribution >= 4 is 33.1 Å². The summed E-state index contributed by atoms with van der Waals surface area (Å²) in [6.45, 7) is 6.84. The highest BCUT2D eigenvalue weighted by molar-refractivity contribution is 7.19. The van der Waals surface area contributed by atoms with Crippen LogP contribution in [0.25, 0.3) is 21.7 Å². The maximum absolute atomic E-state index is 2.47. The molecule has 0 saturated carbocycles. The molecule has 0 bridgehead atoms. The average molecular weight is 357 g/mol. The molecule has 2 aliphatic carbocycles. The highest BCUT2D eigenvalue weighted by atomic mass is 32.1. The summed E-state index contributed by atoms with van der Waals surface area (Å²) in [4.78, 5) is 1.46. The van der Waals surface area contributed by atoms with Crippen molar-refractivity contribution < 1.29 is 0 Å². The minimum absolute atomic E-state index is 1.13. The molecule has 0 nitrogen and oxygen atoms in total. The monoisotopic (exact) mass is 356 g/mol. The Morgan fingerprint density at radius 3 is 2.62 bits per heavy atom. The Labute approximate surface area is 159 Å². The van der Waals surface area contributed by atoms with Crippen LogP contribution in [0.1, 0.15) is 52.5 Å². The van der Waals surface area contributed by atoms with E-state index in [9.17, 15) is 0 Å². The number of benzene rings is 2. The number of thiophene rings is 1. The van der Waals surface area contributed by atoms with E-state index in [0.29, 0.717) is 0 Å². The fourth-order valence-corrected chi connectivity index (χ4v) is 5.72. The minimum atomic E-state index is 1.13. The lowest BCUT2D eigenvalue weighted by Gasteiger charge is -2.08. The second-order valence-corrected chi connectivity index (χ2v) is 9.16. The van der Waals surface area contributed by atoms with E-state index < -0.39 is 0 Å². The molecule has 0 saturated heterocycles. The van der Waals surface area contributed by atoms with Gasteiger partial charge in [-0.15, -0.1) is 11.3 Å². The van der Waals surface area contributed by atoms with Crippen molar-refractivity contribution in [3.8, 4) is 0 Å². The van der Waals surface area contributed by atoms with Crippen LogP contribution in [0, 0.1) is 13.8 Å². The Morgan fingerprint density at radius 2 is 1.77 bits per heavy atom. The van der Waals surface area contributed by atoms with Crippen molar-refractivity contribution in [2.45, 2.75) is 46.5 Å². The van der Waals surface area contributed by atoms with E-state index in [1.54, 1.807) is 16.7 Å². The van der Waals surface area contributed by atoms with Crippen molar-refractivity contribution in [2.24, 2.45) is 0 Å². The summed E-state index contributed by atoms with van der Waals surface area (Å²) in [5, 5.41) is 1.47. The van der Waals surface area contributed by atoms with Gasteiger partial charge in [0.2, 0.25) is 0 Å². The lowest BCUT2D eigenvalue weighted by Crippen LogP contribution is -1.89. The fourth-order valence-electron chi connectivity index (χ4n) is 4.63. The van der Waals surface area contributed by atoms with E-state index in [2.05, 4.69) is 63.2 Å². The predicted molar refractivity (Wildman–Crippen MR) is 115 cm³/mol. The molecule has 2 aromatic carbocycles. The van der Waals surface area contributed by atoms with Crippen LogP contribution in [0.15, 0.2) is 47.5 Å². The lowest BCUT2D eigenvalue weighted by molar-refractivity contribution is 0.956. The molecule has 1 heteroatoms. The number of hydrogen-bond acceptors (Lipinski definition) is 1. The maximum Gasteiger partial charge on any atom is 0.0354 e. The van der Waals surface area contributed by atoms with Crippen molar-refractivity contribution in [1.82, 2.24) is 0 Å². The standard InChI is InChI=1S/C25H24S/c1-15-10-21-13-23-16(2)17(3)26-25(23)14-24(21)22(15)9-8-18-11-19-6-4-5-7-20(19)12-18/h4-7,11,13-14H,8-10,12H2,1-3H3. The van der Waals surface area contributed by atoms with Gasteiger partial charge in [-0.25, -0.2) is 0 Å². The Morgan fingerprint density at radius 1 is 0.923 bits per heavy atom. The Bertz CT molecular complexity index is 1100. The molecule has 0 atom stereocenters. The van der Waals surface area contributed by atoms with Crippen LogP contribution in [-0.4, -0.2) is 0 Å². The normalized spacial score (nSPS) is 15.6. The van der Waals surface area contributed by atoms with Gasteiger partial charge in [-0.1, -0.05) is 41.5 Å². The SMILES string of the molecule is CC1=C(CCC2=Cc3ccccc3C2)c2cc3sc(C)c(C)c3cc2C1. The summed E-state index contributed by atoms with van der Waals surface area (Å²) in [7, 11) is 0. The van der Waals surface area contributed by atoms with Gasteiger partial charge in [0.05, 0.1) is 0 Å². The first-order chi connectivity index (χ1) is 12.6. The van der Waals surface area contributed by atoms with Gasteiger partial charge < -0.3 is 0 Å². The Kier molecular flexibility index (Phi) is 3.68. The van der Waals surface area contributed by atoms with Gasteiger partial charge in [-0.2, -0.15) is 0 Å². The van der Waals surface area contributed by atoms with E-state index in [-0.39, 0.29) is 0 Å². The highest BCUT2D eigenvalue weighted by Crippen LogP contribution is 2.42. The third-order valence-electron chi connectivity index (χ3n) is 6.22. The number of hydrogen-bond donors (Lipinski definition) is 0. The molecule has 130 valence electrons. The summed E-state index contributed by atoms with van der Waals surface area (Å²) >= 11 is 1.95. The van der Waals surface area contributed by atoms with Crippen LogP contribution in [0.4, 0.5) is 0 Å². The van der Waals surface area contributed by atoms with E-state index in [0.717, 1.165) is 12.8 Å². The van der Waals surface area contributed by atoms with Crippen molar-refractivity contribution in [3.05, 3.63) is 80.2 Å². The topological polar surface area (TPSA) is 0 Å². The molecule has 0 aliphatic heterocycles. The van der Waals surface area contributed by atoms with E-state index in [1.165, 1.54) is 55.6 Å². The maximum atomic E-state index is 2.47. The summed E-state index contributed by atoms with van der Waals surface area (Å²) in [5.74, 6) is 0. The van der Waals surface area contributed by atoms with Gasteiger partial charge in [0.15, 0.2) is 0 Å². The van der Waals surface area contributed by atoms with E-state index in [4.69, 9.17) is 0 Å². The first-order valence-electron chi connectivity index (χ1n) is 9.59. The Hall–Kier alpha value is -2.12. The fraction of sp³-hybridized carbons (Fsp3) is 0.280. The number of aryl methyl sites for hydroxylation is 2. The third kappa shape index (κ3) is 2.49. The van der Waals surface area contributed by atoms with Gasteiger partial charge in [0, 0.05) is 9.58 Å². The molecule has 0 unspecified atom stereocenters. The first-order valence-corrected chi connectivity index (χ1v) is 10.4. The molecule has 5 rings (SSSR count). The largest absolute Gasteiger partial charge is 0.140 e. The average Bonchev–Trinajstić information content (AvgIpc) is 3.25. The molecule has 1 aromatic heterocycles. The van der Waals surface area contributed by atoms with Crippen LogP contribution >= 0.6 is 11.3 Å². The van der Waals surface area contributed by atoms with Crippen molar-refractivity contribution in [1.29, 1.82) is 0 Å². The van der Waals surface area contributed by atoms with Gasteiger partial charge >= 0.3 is 0 Å². The van der Waals surface area contributed by atoms with Gasteiger partial charge in [-0.3, -0.25) is 0 Å². The molecule has 0 N–H and O–H groups in total. The highest BCUT2D eigenvalue weighted by Gasteiger charge is 2.22. The van der Waals surface area contributed by atoms with E-state index >= 15 is 0 Å². The third-order valence-corrected chi connectivity index (χ3v) is 7.39. The zero-order valence-electron chi connectivity index (χ0n) is 15.8. The van der Waals surface area contributed by atoms with Gasteiger partial charge in [0.25, 0.3) is 0 Å². The molecular weight excluding hydrogens is 332 g/mol. The molecule has 1 heterocycles. The van der Waals surface area contributed by atoms with Crippen LogP contribution in [0.5, 0.6) is 0 Å². The smallest absolute Gasteiger partial charge is 0.0354 e. The van der Waals surface area contributed by atoms with Crippen LogP contribution in [-0.2, 0) is 12.8 Å². The molecule has 0 amide bonds. The van der Waals surface area contributed by atoms with Gasteiger partial charge in [-0.05, 0) is 97.4 Å². The van der Waals surface area contributed by atoms with E-state index in [1.807, 2.05) is 11.3 Å². The zero-order valence-corrected chi connectivity index (χ0v) is 16.6. The molecule has 2 aliphatic rings. The molecule has 3 aromatic rings. The minimum Gasteiger partial charge on any atom is -0.140 e. The van der Waals surface area contributed by atoms with Gasteiger partial charge in [0.1, 0.15) is 0 Å². The second-order valence-electron chi connectivity index (χ2n) is 7.90. The number of fused-ring (bicyclic) bond motifs is 3. The Balaban J connectivity index is 1.42. The quantitative estimate of drug-likeness (QED) is 0.463. The van der Waals surface area contributed by atoms with Crippen LogP contribution in [0.3, 0.4) is 0 Å². The summed E-state index contributed by atoms with van der Waals surface area (Å²) in [6.07, 6.45) is 7.04. The molecule has 26 heavy (non-hydrogen) atoms. The summed E-state index contributed by atoms with van der Waals surface area (Å²) in [6, 6.07) is 13.8. The predicted octanol–water partition coefficient (Wildman–Crippen LogP) is 7.27. The molecular formula is C25H24S. The van der Waals surface area contributed by atoms with Crippen molar-refractivity contribution in [2.75, 3.05) is 0 Å². The first kappa shape index (κ1) is 16.1. The zero-order chi connectivity index (χ0) is 17.8. The summed E-state index contributed by atoms with van der Waals surface area (Å²) < 4.78 is 1.46. The lowest BCUT2D eigenvalue weighted by atomic mass is 9.96. The molecule has 0 fully saturated rings. The second kappa shape index (κ2) is 5.96.